The average Bonchev–Trinajstić information content (AvgIpc) is 2.54. The molecule has 0 atom stereocenters. The van der Waals surface area contributed by atoms with Crippen molar-refractivity contribution in [3.8, 4) is 0 Å². The van der Waals surface area contributed by atoms with Crippen LogP contribution >= 0.6 is 0 Å². The predicted molar refractivity (Wildman–Crippen MR) is 87.7 cm³/mol. The zero-order valence-electron chi connectivity index (χ0n) is 13.0. The maximum absolute atomic E-state index is 12.3. The molecule has 0 unspecified atom stereocenters. The summed E-state index contributed by atoms with van der Waals surface area (Å²) in [5, 5.41) is 2.62. The minimum atomic E-state index is -3.59. The number of pyridine rings is 1. The molecule has 0 saturated carbocycles. The molecule has 23 heavy (non-hydrogen) atoms. The zero-order chi connectivity index (χ0) is 16.9. The Morgan fingerprint density at radius 3 is 2.61 bits per heavy atom. The third kappa shape index (κ3) is 4.61. The summed E-state index contributed by atoms with van der Waals surface area (Å²) in [5.41, 5.74) is 1.85. The Morgan fingerprint density at radius 1 is 1.13 bits per heavy atom. The third-order valence-corrected chi connectivity index (χ3v) is 4.84. The monoisotopic (exact) mass is 333 g/mol. The van der Waals surface area contributed by atoms with Crippen molar-refractivity contribution >= 4 is 15.9 Å². The molecular weight excluding hydrogens is 314 g/mol. The number of hydrogen-bond donors (Lipinski definition) is 2. The van der Waals surface area contributed by atoms with Crippen LogP contribution in [0, 0.1) is 13.8 Å². The van der Waals surface area contributed by atoms with Crippen LogP contribution < -0.4 is 10.0 Å². The normalized spacial score (nSPS) is 11.2. The van der Waals surface area contributed by atoms with E-state index < -0.39 is 10.0 Å². The number of aryl methyl sites for hydroxylation is 2. The Hall–Kier alpha value is -2.25. The minimum Gasteiger partial charge on any atom is -0.349 e. The second-order valence-electron chi connectivity index (χ2n) is 5.14. The summed E-state index contributed by atoms with van der Waals surface area (Å²) in [6, 6.07) is 10.3. The van der Waals surface area contributed by atoms with Crippen molar-refractivity contribution in [1.82, 2.24) is 15.0 Å². The Bertz CT molecular complexity index is 789. The van der Waals surface area contributed by atoms with Gasteiger partial charge in [0.05, 0.1) is 4.90 Å². The molecule has 0 bridgehead atoms. The lowest BCUT2D eigenvalue weighted by atomic mass is 10.2. The Kier molecular flexibility index (Phi) is 5.46. The van der Waals surface area contributed by atoms with Gasteiger partial charge in [0.15, 0.2) is 0 Å². The van der Waals surface area contributed by atoms with Crippen LogP contribution in [0.3, 0.4) is 0 Å². The van der Waals surface area contributed by atoms with Gasteiger partial charge in [-0.2, -0.15) is 0 Å². The molecule has 122 valence electrons. The van der Waals surface area contributed by atoms with Gasteiger partial charge in [0.25, 0.3) is 5.91 Å². The van der Waals surface area contributed by atoms with Gasteiger partial charge in [-0.25, -0.2) is 13.1 Å². The second kappa shape index (κ2) is 7.34. The fourth-order valence-corrected chi connectivity index (χ4v) is 3.38. The van der Waals surface area contributed by atoms with Crippen molar-refractivity contribution < 1.29 is 13.2 Å². The minimum absolute atomic E-state index is 0.105. The fourth-order valence-electron chi connectivity index (χ4n) is 2.02. The van der Waals surface area contributed by atoms with E-state index in [1.807, 2.05) is 13.0 Å². The largest absolute Gasteiger partial charge is 0.349 e. The first-order valence-electron chi connectivity index (χ1n) is 7.16. The van der Waals surface area contributed by atoms with Crippen LogP contribution in [-0.4, -0.2) is 32.4 Å². The smallest absolute Gasteiger partial charge is 0.269 e. The quantitative estimate of drug-likeness (QED) is 0.782. The van der Waals surface area contributed by atoms with Gasteiger partial charge in [-0.05, 0) is 43.2 Å². The molecular formula is C16H19N3O3S. The number of amides is 1. The van der Waals surface area contributed by atoms with Gasteiger partial charge in [-0.15, -0.1) is 0 Å². The number of carbonyl (C=O) groups is 1. The first-order valence-corrected chi connectivity index (χ1v) is 8.64. The molecule has 2 N–H and O–H groups in total. The number of rotatable bonds is 6. The van der Waals surface area contributed by atoms with Crippen LogP contribution in [0.15, 0.2) is 47.5 Å². The molecule has 1 aromatic heterocycles. The molecule has 0 aliphatic rings. The lowest BCUT2D eigenvalue weighted by Crippen LogP contribution is -2.35. The maximum atomic E-state index is 12.3. The van der Waals surface area contributed by atoms with Crippen molar-refractivity contribution in [2.24, 2.45) is 0 Å². The van der Waals surface area contributed by atoms with Crippen molar-refractivity contribution in [1.29, 1.82) is 0 Å². The molecule has 0 saturated heterocycles. The van der Waals surface area contributed by atoms with E-state index in [1.165, 1.54) is 6.20 Å². The van der Waals surface area contributed by atoms with E-state index in [0.29, 0.717) is 11.3 Å². The van der Waals surface area contributed by atoms with Crippen LogP contribution in [0.2, 0.25) is 0 Å². The Morgan fingerprint density at radius 2 is 1.91 bits per heavy atom. The Labute approximate surface area is 136 Å². The van der Waals surface area contributed by atoms with E-state index in [9.17, 15) is 13.2 Å². The van der Waals surface area contributed by atoms with Crippen molar-refractivity contribution in [3.63, 3.8) is 0 Å². The molecule has 2 aromatic rings. The molecule has 1 heterocycles. The van der Waals surface area contributed by atoms with Crippen molar-refractivity contribution in [2.45, 2.75) is 18.7 Å². The van der Waals surface area contributed by atoms with Crippen molar-refractivity contribution in [3.05, 3.63) is 59.4 Å². The van der Waals surface area contributed by atoms with Crippen LogP contribution in [0.4, 0.5) is 0 Å². The van der Waals surface area contributed by atoms with Gasteiger partial charge in [-0.3, -0.25) is 9.78 Å². The number of benzene rings is 1. The number of hydrogen-bond acceptors (Lipinski definition) is 4. The summed E-state index contributed by atoms with van der Waals surface area (Å²) in [6.45, 7) is 3.87. The van der Waals surface area contributed by atoms with Gasteiger partial charge < -0.3 is 5.32 Å². The van der Waals surface area contributed by atoms with Gasteiger partial charge >= 0.3 is 0 Å². The van der Waals surface area contributed by atoms with E-state index in [2.05, 4.69) is 15.0 Å². The summed E-state index contributed by atoms with van der Waals surface area (Å²) in [6.07, 6.45) is 1.53. The van der Waals surface area contributed by atoms with Crippen LogP contribution in [0.1, 0.15) is 21.6 Å². The highest BCUT2D eigenvalue weighted by Gasteiger charge is 2.16. The molecule has 7 heteroatoms. The second-order valence-corrected chi connectivity index (χ2v) is 6.87. The van der Waals surface area contributed by atoms with E-state index in [-0.39, 0.29) is 23.9 Å². The predicted octanol–water partition coefficient (Wildman–Crippen LogP) is 1.41. The number of carbonyl (C=O) groups excluding carboxylic acids is 1. The highest BCUT2D eigenvalue weighted by molar-refractivity contribution is 7.89. The molecule has 1 amide bonds. The number of nitrogens with zero attached hydrogens (tertiary/aromatic N) is 1. The zero-order valence-corrected chi connectivity index (χ0v) is 13.9. The van der Waals surface area contributed by atoms with E-state index in [0.717, 1.165) is 5.56 Å². The lowest BCUT2D eigenvalue weighted by molar-refractivity contribution is 0.0949. The molecule has 0 aliphatic heterocycles. The molecule has 1 aromatic carbocycles. The first-order chi connectivity index (χ1) is 10.9. The Balaban J connectivity index is 1.90. The van der Waals surface area contributed by atoms with E-state index in [4.69, 9.17) is 0 Å². The standard InChI is InChI=1S/C16H19N3O3S/c1-12-6-7-13(2)15(11-12)23(21,22)19-10-9-18-16(20)14-5-3-4-8-17-14/h3-8,11,19H,9-10H2,1-2H3,(H,18,20). The van der Waals surface area contributed by atoms with Crippen LogP contribution in [-0.2, 0) is 10.0 Å². The summed E-state index contributed by atoms with van der Waals surface area (Å²) in [7, 11) is -3.59. The molecule has 0 aliphatic carbocycles. The van der Waals surface area contributed by atoms with Gasteiger partial charge in [0, 0.05) is 19.3 Å². The fraction of sp³-hybridized carbons (Fsp3) is 0.250. The molecule has 0 spiro atoms. The number of aromatic nitrogens is 1. The summed E-state index contributed by atoms with van der Waals surface area (Å²) in [4.78, 5) is 16.0. The average molecular weight is 333 g/mol. The topological polar surface area (TPSA) is 88.2 Å². The SMILES string of the molecule is Cc1ccc(C)c(S(=O)(=O)NCCNC(=O)c2ccccn2)c1. The molecule has 0 radical (unpaired) electrons. The highest BCUT2D eigenvalue weighted by atomic mass is 32.2. The molecule has 2 rings (SSSR count). The van der Waals surface area contributed by atoms with Gasteiger partial charge in [0.1, 0.15) is 5.69 Å². The number of sulfonamides is 1. The summed E-state index contributed by atoms with van der Waals surface area (Å²) < 4.78 is 27.1. The number of nitrogens with one attached hydrogen (secondary N) is 2. The maximum Gasteiger partial charge on any atom is 0.269 e. The van der Waals surface area contributed by atoms with E-state index in [1.54, 1.807) is 37.3 Å². The van der Waals surface area contributed by atoms with Gasteiger partial charge in [0.2, 0.25) is 10.0 Å². The van der Waals surface area contributed by atoms with E-state index >= 15 is 0 Å². The molecule has 6 nitrogen and oxygen atoms in total. The van der Waals surface area contributed by atoms with Gasteiger partial charge in [-0.1, -0.05) is 18.2 Å². The van der Waals surface area contributed by atoms with Crippen molar-refractivity contribution in [2.75, 3.05) is 13.1 Å². The third-order valence-electron chi connectivity index (χ3n) is 3.23. The first kappa shape index (κ1) is 17.1. The molecule has 0 fully saturated rings. The van der Waals surface area contributed by atoms with Crippen LogP contribution in [0.5, 0.6) is 0 Å². The summed E-state index contributed by atoms with van der Waals surface area (Å²) >= 11 is 0. The lowest BCUT2D eigenvalue weighted by Gasteiger charge is -2.10. The summed E-state index contributed by atoms with van der Waals surface area (Å²) in [5.74, 6) is -0.337. The van der Waals surface area contributed by atoms with Crippen LogP contribution in [0.25, 0.3) is 0 Å². The highest BCUT2D eigenvalue weighted by Crippen LogP contribution is 2.16.